The van der Waals surface area contributed by atoms with Crippen LogP contribution in [0.15, 0.2) is 128 Å². The van der Waals surface area contributed by atoms with E-state index >= 15 is 24.0 Å². The summed E-state index contributed by atoms with van der Waals surface area (Å²) in [7, 11) is 0.959. The summed E-state index contributed by atoms with van der Waals surface area (Å²) in [5, 5.41) is 118. The Kier molecular flexibility index (Phi) is 20.8. The third-order valence-electron chi connectivity index (χ3n) is 18.8. The van der Waals surface area contributed by atoms with Crippen molar-refractivity contribution in [2.24, 2.45) is 0 Å². The number of nitrogens with zero attached hydrogens (tertiary/aromatic N) is 3. The van der Waals surface area contributed by atoms with Gasteiger partial charge in [0.15, 0.2) is 59.7 Å². The monoisotopic (exact) mass is 1530 g/mol. The first kappa shape index (κ1) is 75.6. The summed E-state index contributed by atoms with van der Waals surface area (Å²) in [6.45, 7) is 5.53. The van der Waals surface area contributed by atoms with Crippen LogP contribution in [0.5, 0.6) is 69.0 Å². The molecule has 36 nitrogen and oxygen atoms in total. The van der Waals surface area contributed by atoms with Crippen LogP contribution >= 0.6 is 0 Å². The molecule has 15 rings (SSSR count). The molecular formula is C75H69N9O27. The number of benzene rings is 7. The first-order valence-corrected chi connectivity index (χ1v) is 34.0. The molecule has 6 amide bonds. The van der Waals surface area contributed by atoms with Crippen LogP contribution in [0.4, 0.5) is 0 Å². The largest absolute Gasteiger partial charge is 0.508 e. The van der Waals surface area contributed by atoms with Crippen molar-refractivity contribution in [1.82, 2.24) is 46.9 Å². The van der Waals surface area contributed by atoms with E-state index in [0.717, 1.165) is 87.2 Å². The number of rotatable bonds is 8. The number of aliphatic hydroxyl groups is 2. The fourth-order valence-corrected chi connectivity index (χ4v) is 13.4. The number of hydrogen-bond acceptors (Lipinski definition) is 29. The van der Waals surface area contributed by atoms with Crippen LogP contribution in [0.3, 0.4) is 0 Å². The number of esters is 4. The van der Waals surface area contributed by atoms with Gasteiger partial charge in [-0.2, -0.15) is 0 Å². The van der Waals surface area contributed by atoms with Crippen LogP contribution in [0, 0.1) is 6.92 Å². The number of aliphatic hydroxyl groups excluding tert-OH is 2. The number of amides is 6. The summed E-state index contributed by atoms with van der Waals surface area (Å²) in [5.41, 5.74) is -2.50. The smallest absolute Gasteiger partial charge is 0.333 e. The van der Waals surface area contributed by atoms with Gasteiger partial charge in [0, 0.05) is 49.1 Å². The van der Waals surface area contributed by atoms with Gasteiger partial charge < -0.3 is 115 Å². The van der Waals surface area contributed by atoms with Crippen molar-refractivity contribution in [2.75, 3.05) is 7.11 Å². The molecule has 576 valence electrons. The molecule has 14 atom stereocenters. The van der Waals surface area contributed by atoms with Crippen LogP contribution in [-0.4, -0.2) is 165 Å². The van der Waals surface area contributed by atoms with E-state index in [2.05, 4.69) is 42.2 Å². The van der Waals surface area contributed by atoms with Crippen molar-refractivity contribution in [3.8, 4) is 80.1 Å². The second-order valence-corrected chi connectivity index (χ2v) is 26.4. The van der Waals surface area contributed by atoms with Gasteiger partial charge in [0.05, 0.1) is 26.0 Å². The molecule has 0 radical (unpaired) electrons. The number of ether oxygens (including phenoxy) is 9. The van der Waals surface area contributed by atoms with E-state index in [1.54, 1.807) is 0 Å². The zero-order valence-corrected chi connectivity index (χ0v) is 59.1. The third kappa shape index (κ3) is 15.4. The zero-order valence-electron chi connectivity index (χ0n) is 59.1. The molecule has 14 N–H and O–H groups in total. The van der Waals surface area contributed by atoms with Crippen LogP contribution in [-0.2, 0) is 83.0 Å². The minimum Gasteiger partial charge on any atom is -0.508 e. The number of aromatic nitrogens is 3. The number of phenols is 6. The third-order valence-corrected chi connectivity index (χ3v) is 18.8. The normalized spacial score (nSPS) is 24.3. The first-order chi connectivity index (χ1) is 52.9. The Balaban J connectivity index is 0.937. The SMILES string of the molecule is COC(=O)[C@@H]1NC(=O)[C@H]2NC(=O)[C@H](NC(=O)[C@@H]3NC(=O)[C@H]4NC(=O)[C@H](NC(=O)[C@H](n5cc(CO[C@@H]6O[C@@H](C)[C@H](OC(C)=O)[C@@H](OC(C)=O)[C@H]6OC(C)=O)nn5)c5ccc(O)c(c5)Oc5cc4cc(O)c5C)[C@H](O)c4ccc(cc4)Oc4cc3cc(c4O)Oc3ccc(cc3)[C@H]2O)c2ccc(O)c(c2)-c2c(O)cc(O)cc21. The van der Waals surface area contributed by atoms with E-state index in [1.165, 1.54) is 86.8 Å². The topological polar surface area (TPSA) is 519 Å². The van der Waals surface area contributed by atoms with Gasteiger partial charge in [-0.25, -0.2) is 9.48 Å². The lowest BCUT2D eigenvalue weighted by Gasteiger charge is -2.43. The van der Waals surface area contributed by atoms with Gasteiger partial charge in [-0.3, -0.25) is 43.2 Å². The number of fused-ring (bicyclic) bond motifs is 14. The fraction of sp³-hybridized carbons (Fsp3) is 0.280. The molecule has 8 aromatic rings. The van der Waals surface area contributed by atoms with E-state index in [9.17, 15) is 64.8 Å². The van der Waals surface area contributed by atoms with Gasteiger partial charge >= 0.3 is 23.9 Å². The molecule has 17 bridgehead atoms. The Morgan fingerprint density at radius 1 is 0.505 bits per heavy atom. The fourth-order valence-electron chi connectivity index (χ4n) is 13.4. The number of aromatic hydroxyl groups is 6. The van der Waals surface area contributed by atoms with E-state index in [1.807, 2.05) is 0 Å². The Morgan fingerprint density at radius 2 is 1.01 bits per heavy atom. The number of carbonyl (C=O) groups excluding carboxylic acids is 10. The predicted molar refractivity (Wildman–Crippen MR) is 372 cm³/mol. The summed E-state index contributed by atoms with van der Waals surface area (Å²) in [6, 6.07) is 8.63. The summed E-state index contributed by atoms with van der Waals surface area (Å²) >= 11 is 0. The number of nitrogens with one attached hydrogen (secondary N) is 6. The maximum atomic E-state index is 16.0. The lowest BCUT2D eigenvalue weighted by atomic mass is 9.89. The average Bonchev–Trinajstić information content (AvgIpc) is 0.985. The molecule has 0 spiro atoms. The Hall–Kier alpha value is -13.6. The number of carbonyl (C=O) groups is 10. The van der Waals surface area contributed by atoms with Crippen molar-refractivity contribution < 1.29 is 131 Å². The lowest BCUT2D eigenvalue weighted by molar-refractivity contribution is -0.303. The average molecular weight is 1530 g/mol. The van der Waals surface area contributed by atoms with E-state index < -0.39 is 208 Å². The van der Waals surface area contributed by atoms with Crippen LogP contribution in [0.25, 0.3) is 11.1 Å². The molecular weight excluding hydrogens is 1460 g/mol. The van der Waals surface area contributed by atoms with Gasteiger partial charge in [0.25, 0.3) is 0 Å². The molecule has 0 aliphatic carbocycles. The molecule has 7 aliphatic heterocycles. The Morgan fingerprint density at radius 3 is 1.61 bits per heavy atom. The predicted octanol–water partition coefficient (Wildman–Crippen LogP) is 3.80. The van der Waals surface area contributed by atoms with Crippen LogP contribution in [0.1, 0.15) is 120 Å². The first-order valence-electron chi connectivity index (χ1n) is 34.0. The Labute approximate surface area is 626 Å². The quantitative estimate of drug-likeness (QED) is 0.0760. The molecule has 1 fully saturated rings. The number of hydrogen-bond donors (Lipinski definition) is 14. The summed E-state index contributed by atoms with van der Waals surface area (Å²) in [4.78, 5) is 145. The van der Waals surface area contributed by atoms with E-state index in [-0.39, 0.29) is 73.0 Å². The standard InChI is InChI=1S/C75H69N9O27/c1-29-48(91)20-38-22-50(29)111-51-21-37(12-18-47(51)90)61(84-27-40(82-83-84)28-104-75-67(108-33(5)87)66(107-32(4)86)65(30(2)105-75)106-31(3)85)73(101)81-60-63(94)35-9-15-43(16-10-35)110-53-24-39-23-52(64(53)95)109-42-13-7-34(8-14-42)62(93)59-72(100)79-58(74(102)103-6)45-25-41(88)26-49(92)54(45)44-19-36(11-17-46(44)89)55(68(96)80-59)76-70(98)57(39)77-69(97)56(38)78-71(60)99/h7-27,30,55-63,65-67,75,88-95H,28H2,1-6H3,(H,76,98)(H,77,97)(H,78,99)(H,79,100)(H,80,96)(H,81,101)/t30-,55+,56-,57+,58+,59-,60+,61+,62+,63+,65-,66+,67+,75+/m0/s1. The minimum absolute atomic E-state index is 0.0494. The zero-order chi connectivity index (χ0) is 79.3. The molecule has 1 aromatic heterocycles. The van der Waals surface area contributed by atoms with Crippen molar-refractivity contribution in [2.45, 2.75) is 126 Å². The maximum absolute atomic E-state index is 16.0. The van der Waals surface area contributed by atoms with Crippen molar-refractivity contribution in [3.63, 3.8) is 0 Å². The number of phenolic OH excluding ortho intramolecular Hbond substituents is 6. The van der Waals surface area contributed by atoms with Gasteiger partial charge in [0.2, 0.25) is 41.2 Å². The van der Waals surface area contributed by atoms with Crippen molar-refractivity contribution in [1.29, 1.82) is 0 Å². The molecule has 1 saturated heterocycles. The highest BCUT2D eigenvalue weighted by Gasteiger charge is 2.52. The van der Waals surface area contributed by atoms with E-state index in [4.69, 9.17) is 42.6 Å². The van der Waals surface area contributed by atoms with Crippen molar-refractivity contribution in [3.05, 3.63) is 178 Å². The summed E-state index contributed by atoms with van der Waals surface area (Å²) in [5.74, 6) is -17.5. The van der Waals surface area contributed by atoms with Gasteiger partial charge in [-0.1, -0.05) is 41.6 Å². The molecule has 7 aliphatic rings. The summed E-state index contributed by atoms with van der Waals surface area (Å²) < 4.78 is 53.5. The lowest BCUT2D eigenvalue weighted by Crippen LogP contribution is -2.61. The molecule has 0 saturated carbocycles. The molecule has 36 heteroatoms. The highest BCUT2D eigenvalue weighted by atomic mass is 16.7. The molecule has 7 aromatic carbocycles. The molecule has 0 unspecified atom stereocenters. The maximum Gasteiger partial charge on any atom is 0.333 e. The van der Waals surface area contributed by atoms with Gasteiger partial charge in [-0.15, -0.1) is 5.10 Å². The van der Waals surface area contributed by atoms with Crippen LogP contribution in [0.2, 0.25) is 0 Å². The summed E-state index contributed by atoms with van der Waals surface area (Å²) in [6.07, 6.45) is -9.84. The second kappa shape index (κ2) is 30.6. The number of methoxy groups -OCH3 is 1. The van der Waals surface area contributed by atoms with Crippen molar-refractivity contribution >= 4 is 59.3 Å². The van der Waals surface area contributed by atoms with Gasteiger partial charge in [-0.05, 0) is 126 Å². The highest BCUT2D eigenvalue weighted by molar-refractivity contribution is 6.00. The van der Waals surface area contributed by atoms with Crippen LogP contribution < -0.4 is 46.1 Å². The van der Waals surface area contributed by atoms with E-state index in [0.29, 0.717) is 0 Å². The second-order valence-electron chi connectivity index (χ2n) is 26.4. The van der Waals surface area contributed by atoms with Gasteiger partial charge in [0.1, 0.15) is 88.4 Å². The minimum atomic E-state index is -2.23. The molecule has 111 heavy (non-hydrogen) atoms. The molecule has 8 heterocycles. The Bertz CT molecular complexity index is 5110. The highest BCUT2D eigenvalue weighted by Crippen LogP contribution is 2.48.